The minimum absolute atomic E-state index is 0.267. The Balaban J connectivity index is 1.31. The lowest BCUT2D eigenvalue weighted by Gasteiger charge is -2.08. The zero-order valence-corrected chi connectivity index (χ0v) is 23.1. The third-order valence-electron chi connectivity index (χ3n) is 7.97. The first-order valence-corrected chi connectivity index (χ1v) is 14.3. The largest absolute Gasteiger partial charge is 0.358 e. The maximum Gasteiger partial charge on any atom is 0.132 e. The van der Waals surface area contributed by atoms with Crippen LogP contribution in [-0.4, -0.2) is 25.1 Å². The highest BCUT2D eigenvalue weighted by Crippen LogP contribution is 2.40. The molecule has 5 nitrogen and oxygen atoms in total. The molecule has 0 saturated carbocycles. The molecule has 39 heavy (non-hydrogen) atoms. The van der Waals surface area contributed by atoms with Gasteiger partial charge in [-0.2, -0.15) is 5.10 Å². The van der Waals surface area contributed by atoms with Gasteiger partial charge in [-0.1, -0.05) is 52.0 Å². The Morgan fingerprint density at radius 3 is 2.21 bits per heavy atom. The second kappa shape index (κ2) is 8.10. The number of aromatic nitrogens is 5. The molecule has 0 unspecified atom stereocenters. The van der Waals surface area contributed by atoms with E-state index in [0.717, 1.165) is 38.4 Å². The Kier molecular flexibility index (Phi) is 4.71. The molecule has 4 aromatic carbocycles. The first-order chi connectivity index (χ1) is 18.9. The Hall–Kier alpha value is -4.29. The molecule has 0 bridgehead atoms. The number of benzene rings is 4. The summed E-state index contributed by atoms with van der Waals surface area (Å²) in [6.45, 7) is 8.73. The summed E-state index contributed by atoms with van der Waals surface area (Å²) in [5.41, 5.74) is 6.80. The van der Waals surface area contributed by atoms with Gasteiger partial charge in [0.25, 0.3) is 0 Å². The zero-order chi connectivity index (χ0) is 26.4. The number of H-pyrrole nitrogens is 2. The van der Waals surface area contributed by atoms with Crippen LogP contribution in [0.3, 0.4) is 0 Å². The SMILES string of the molecule is CC(C)c1nc2c3ccc(-c4ccc5c(c4)sc4cc6[nH]c(C(C)C)cc6cc45)cc3c3c[nH]ncc3c2n1. The van der Waals surface area contributed by atoms with Crippen molar-refractivity contribution in [2.24, 2.45) is 0 Å². The molecule has 0 spiro atoms. The van der Waals surface area contributed by atoms with Crippen molar-refractivity contribution in [1.29, 1.82) is 0 Å². The van der Waals surface area contributed by atoms with Crippen molar-refractivity contribution >= 4 is 75.0 Å². The molecule has 0 saturated heterocycles. The lowest BCUT2D eigenvalue weighted by molar-refractivity contribution is 0.799. The molecule has 8 rings (SSSR count). The lowest BCUT2D eigenvalue weighted by Crippen LogP contribution is -1.88. The fourth-order valence-electron chi connectivity index (χ4n) is 5.83. The number of imidazole rings is 1. The van der Waals surface area contributed by atoms with Gasteiger partial charge in [0, 0.05) is 65.0 Å². The van der Waals surface area contributed by atoms with E-state index in [0.29, 0.717) is 5.92 Å². The van der Waals surface area contributed by atoms with Crippen LogP contribution in [0, 0.1) is 0 Å². The number of thiophene rings is 1. The highest BCUT2D eigenvalue weighted by atomic mass is 32.1. The topological polar surface area (TPSA) is 70.2 Å². The summed E-state index contributed by atoms with van der Waals surface area (Å²) in [7, 11) is 0. The van der Waals surface area contributed by atoms with E-state index in [1.807, 2.05) is 23.7 Å². The van der Waals surface area contributed by atoms with E-state index in [1.54, 1.807) is 0 Å². The quantitative estimate of drug-likeness (QED) is 0.226. The van der Waals surface area contributed by atoms with E-state index in [2.05, 4.69) is 97.5 Å². The number of nitrogens with zero attached hydrogens (tertiary/aromatic N) is 3. The first-order valence-electron chi connectivity index (χ1n) is 13.5. The summed E-state index contributed by atoms with van der Waals surface area (Å²) in [5, 5.41) is 15.7. The molecule has 0 fully saturated rings. The van der Waals surface area contributed by atoms with E-state index < -0.39 is 0 Å². The third kappa shape index (κ3) is 3.34. The van der Waals surface area contributed by atoms with E-state index in [9.17, 15) is 0 Å². The van der Waals surface area contributed by atoms with Crippen LogP contribution >= 0.6 is 11.3 Å². The van der Waals surface area contributed by atoms with Crippen LogP contribution < -0.4 is 0 Å². The normalized spacial score (nSPS) is 12.6. The minimum atomic E-state index is 0.267. The van der Waals surface area contributed by atoms with Gasteiger partial charge in [-0.3, -0.25) is 5.10 Å². The Morgan fingerprint density at radius 1 is 0.667 bits per heavy atom. The van der Waals surface area contributed by atoms with Gasteiger partial charge in [0.2, 0.25) is 0 Å². The highest BCUT2D eigenvalue weighted by Gasteiger charge is 2.17. The van der Waals surface area contributed by atoms with Crippen molar-refractivity contribution < 1.29 is 0 Å². The Morgan fingerprint density at radius 2 is 1.41 bits per heavy atom. The van der Waals surface area contributed by atoms with Crippen molar-refractivity contribution in [3.63, 3.8) is 0 Å². The van der Waals surface area contributed by atoms with Crippen LogP contribution in [0.5, 0.6) is 0 Å². The predicted molar refractivity (Wildman–Crippen MR) is 165 cm³/mol. The summed E-state index contributed by atoms with van der Waals surface area (Å²) < 4.78 is 2.62. The predicted octanol–water partition coefficient (Wildman–Crippen LogP) is 9.42. The molecule has 0 atom stereocenters. The van der Waals surface area contributed by atoms with E-state index in [4.69, 9.17) is 9.97 Å². The second-order valence-corrected chi connectivity index (χ2v) is 12.3. The number of hydrogen-bond donors (Lipinski definition) is 2. The van der Waals surface area contributed by atoms with Gasteiger partial charge in [-0.15, -0.1) is 11.3 Å². The van der Waals surface area contributed by atoms with Crippen LogP contribution in [-0.2, 0) is 0 Å². The third-order valence-corrected chi connectivity index (χ3v) is 9.08. The smallest absolute Gasteiger partial charge is 0.132 e. The maximum absolute atomic E-state index is 4.94. The molecule has 4 heterocycles. The molecule has 0 aliphatic carbocycles. The summed E-state index contributed by atoms with van der Waals surface area (Å²) in [5.74, 6) is 1.63. The number of rotatable bonds is 3. The highest BCUT2D eigenvalue weighted by molar-refractivity contribution is 7.25. The molecule has 190 valence electrons. The van der Waals surface area contributed by atoms with E-state index in [1.165, 1.54) is 47.9 Å². The summed E-state index contributed by atoms with van der Waals surface area (Å²) in [6.07, 6.45) is 3.85. The number of fused-ring (bicyclic) bond motifs is 10. The van der Waals surface area contributed by atoms with Crippen LogP contribution in [0.25, 0.3) is 74.8 Å². The van der Waals surface area contributed by atoms with Crippen LogP contribution in [0.15, 0.2) is 67.0 Å². The molecule has 0 aliphatic rings. The zero-order valence-electron chi connectivity index (χ0n) is 22.3. The van der Waals surface area contributed by atoms with Gasteiger partial charge in [-0.25, -0.2) is 9.97 Å². The molecule has 0 amide bonds. The number of aromatic amines is 2. The first kappa shape index (κ1) is 22.7. The van der Waals surface area contributed by atoms with Gasteiger partial charge in [-0.05, 0) is 52.8 Å². The van der Waals surface area contributed by atoms with Gasteiger partial charge in [0.1, 0.15) is 11.3 Å². The Labute approximate surface area is 228 Å². The second-order valence-electron chi connectivity index (χ2n) is 11.2. The Bertz CT molecular complexity index is 2250. The van der Waals surface area contributed by atoms with Gasteiger partial charge < -0.3 is 4.98 Å². The van der Waals surface area contributed by atoms with Gasteiger partial charge in [0.05, 0.1) is 11.7 Å². The summed E-state index contributed by atoms with van der Waals surface area (Å²) in [6, 6.07) is 20.5. The average Bonchev–Trinajstić information content (AvgIpc) is 3.66. The van der Waals surface area contributed by atoms with Gasteiger partial charge in [0.15, 0.2) is 0 Å². The fraction of sp³-hybridized carbons (Fsp3) is 0.182. The molecule has 6 heteroatoms. The molecular formula is C33H27N5S. The number of hydrogen-bond acceptors (Lipinski definition) is 4. The molecule has 8 aromatic rings. The molecule has 0 aliphatic heterocycles. The van der Waals surface area contributed by atoms with Crippen molar-refractivity contribution in [2.45, 2.75) is 39.5 Å². The van der Waals surface area contributed by atoms with Crippen LogP contribution in [0.2, 0.25) is 0 Å². The van der Waals surface area contributed by atoms with Crippen molar-refractivity contribution in [3.8, 4) is 11.1 Å². The van der Waals surface area contributed by atoms with Crippen LogP contribution in [0.1, 0.15) is 51.0 Å². The summed E-state index contributed by atoms with van der Waals surface area (Å²) in [4.78, 5) is 13.4. The maximum atomic E-state index is 4.94. The molecule has 0 radical (unpaired) electrons. The monoisotopic (exact) mass is 525 g/mol. The van der Waals surface area contributed by atoms with Crippen LogP contribution in [0.4, 0.5) is 0 Å². The van der Waals surface area contributed by atoms with Gasteiger partial charge >= 0.3 is 0 Å². The fourth-order valence-corrected chi connectivity index (χ4v) is 6.99. The van der Waals surface area contributed by atoms with Crippen molar-refractivity contribution in [3.05, 3.63) is 78.5 Å². The van der Waals surface area contributed by atoms with Crippen molar-refractivity contribution in [1.82, 2.24) is 25.1 Å². The average molecular weight is 526 g/mol. The molecule has 2 N–H and O–H groups in total. The van der Waals surface area contributed by atoms with E-state index in [-0.39, 0.29) is 5.92 Å². The minimum Gasteiger partial charge on any atom is -0.358 e. The standard InChI is InChI=1S/C33H27N5S/c1-16(2)27-11-20-10-24-21-7-5-19(12-29(21)39-30(24)13-28(20)36-27)18-6-8-22-23(9-18)25-14-34-35-15-26(25)32-31(22)37-33(38-32)17(3)4/h5-17,34,36H,1-4H3. The lowest BCUT2D eigenvalue weighted by atomic mass is 9.96. The van der Waals surface area contributed by atoms with Crippen molar-refractivity contribution in [2.75, 3.05) is 0 Å². The summed E-state index contributed by atoms with van der Waals surface area (Å²) >= 11 is 1.86. The number of nitrogens with one attached hydrogen (secondary N) is 2. The molecular weight excluding hydrogens is 498 g/mol. The molecule has 4 aromatic heterocycles. The van der Waals surface area contributed by atoms with E-state index >= 15 is 0 Å².